The van der Waals surface area contributed by atoms with Crippen LogP contribution < -0.4 is 24.8 Å². The summed E-state index contributed by atoms with van der Waals surface area (Å²) in [5, 5.41) is 5.33. The summed E-state index contributed by atoms with van der Waals surface area (Å²) in [5.41, 5.74) is 1.15. The largest absolute Gasteiger partial charge is 0.494 e. The molecule has 2 N–H and O–H groups in total. The lowest BCUT2D eigenvalue weighted by Crippen LogP contribution is -2.21. The van der Waals surface area contributed by atoms with Gasteiger partial charge in [-0.3, -0.25) is 9.59 Å². The molecule has 0 unspecified atom stereocenters. The van der Waals surface area contributed by atoms with Gasteiger partial charge in [-0.25, -0.2) is 0 Å². The molecule has 1 aliphatic heterocycles. The van der Waals surface area contributed by atoms with Crippen LogP contribution >= 0.6 is 0 Å². The smallest absolute Gasteiger partial charge is 0.233 e. The Labute approximate surface area is 144 Å². The molecule has 2 amide bonds. The van der Waals surface area contributed by atoms with Crippen LogP contribution in [0.4, 0.5) is 11.4 Å². The van der Waals surface area contributed by atoms with Crippen molar-refractivity contribution in [3.63, 3.8) is 0 Å². The van der Waals surface area contributed by atoms with Crippen molar-refractivity contribution in [2.24, 2.45) is 0 Å². The summed E-state index contributed by atoms with van der Waals surface area (Å²) >= 11 is 0. The van der Waals surface area contributed by atoms with E-state index in [1.165, 1.54) is 0 Å². The highest BCUT2D eigenvalue weighted by atomic mass is 16.7. The van der Waals surface area contributed by atoms with Gasteiger partial charge in [0.15, 0.2) is 11.5 Å². The standard InChI is InChI=1S/C18H18N2O5/c1-2-23-14-6-3-12(4-7-14)19-17(21)10-18(22)20-13-5-8-15-16(9-13)25-11-24-15/h3-9H,2,10-11H2,1H3,(H,19,21)(H,20,22). The number of benzene rings is 2. The number of carbonyl (C=O) groups excluding carboxylic acids is 2. The molecule has 0 aliphatic carbocycles. The summed E-state index contributed by atoms with van der Waals surface area (Å²) in [7, 11) is 0. The normalized spacial score (nSPS) is 11.7. The molecule has 1 heterocycles. The molecule has 2 aromatic rings. The Hall–Kier alpha value is -3.22. The number of rotatable bonds is 6. The summed E-state index contributed by atoms with van der Waals surface area (Å²) in [4.78, 5) is 24.0. The Morgan fingerprint density at radius 1 is 0.960 bits per heavy atom. The van der Waals surface area contributed by atoms with Crippen molar-refractivity contribution in [3.8, 4) is 17.2 Å². The van der Waals surface area contributed by atoms with E-state index in [-0.39, 0.29) is 13.2 Å². The zero-order valence-electron chi connectivity index (χ0n) is 13.7. The maximum Gasteiger partial charge on any atom is 0.233 e. The van der Waals surface area contributed by atoms with Crippen molar-refractivity contribution in [2.75, 3.05) is 24.0 Å². The molecule has 1 aliphatic rings. The second-order valence-corrected chi connectivity index (χ2v) is 5.30. The molecule has 0 saturated heterocycles. The average molecular weight is 342 g/mol. The highest BCUT2D eigenvalue weighted by molar-refractivity contribution is 6.08. The van der Waals surface area contributed by atoms with Crippen molar-refractivity contribution >= 4 is 23.2 Å². The fourth-order valence-corrected chi connectivity index (χ4v) is 2.33. The number of nitrogens with one attached hydrogen (secondary N) is 2. The number of carbonyl (C=O) groups is 2. The number of hydrogen-bond donors (Lipinski definition) is 2. The van der Waals surface area contributed by atoms with Gasteiger partial charge in [0.05, 0.1) is 6.61 Å². The summed E-state index contributed by atoms with van der Waals surface area (Å²) in [5.74, 6) is 1.11. The number of anilines is 2. The van der Waals surface area contributed by atoms with Crippen LogP contribution in [0, 0.1) is 0 Å². The summed E-state index contributed by atoms with van der Waals surface area (Å²) in [6.07, 6.45) is -0.290. The van der Waals surface area contributed by atoms with Gasteiger partial charge in [-0.2, -0.15) is 0 Å². The third-order valence-electron chi connectivity index (χ3n) is 3.43. The van der Waals surface area contributed by atoms with Crippen LogP contribution in [0.2, 0.25) is 0 Å². The van der Waals surface area contributed by atoms with Gasteiger partial charge in [-0.1, -0.05) is 0 Å². The minimum absolute atomic E-state index is 0.164. The van der Waals surface area contributed by atoms with E-state index in [4.69, 9.17) is 14.2 Å². The van der Waals surface area contributed by atoms with Gasteiger partial charge in [0.25, 0.3) is 0 Å². The Bertz CT molecular complexity index is 774. The minimum atomic E-state index is -0.415. The van der Waals surface area contributed by atoms with E-state index in [0.717, 1.165) is 5.75 Å². The number of ether oxygens (including phenoxy) is 3. The third-order valence-corrected chi connectivity index (χ3v) is 3.43. The first-order chi connectivity index (χ1) is 12.1. The van der Waals surface area contributed by atoms with Crippen LogP contribution in [-0.4, -0.2) is 25.2 Å². The van der Waals surface area contributed by atoms with Gasteiger partial charge >= 0.3 is 0 Å². The Morgan fingerprint density at radius 2 is 1.60 bits per heavy atom. The maximum absolute atomic E-state index is 12.0. The van der Waals surface area contributed by atoms with E-state index in [1.807, 2.05) is 6.92 Å². The van der Waals surface area contributed by atoms with E-state index < -0.39 is 11.8 Å². The van der Waals surface area contributed by atoms with Crippen LogP contribution in [0.3, 0.4) is 0 Å². The first-order valence-corrected chi connectivity index (χ1v) is 7.86. The van der Waals surface area contributed by atoms with E-state index in [2.05, 4.69) is 10.6 Å². The summed E-state index contributed by atoms with van der Waals surface area (Å²) in [6, 6.07) is 12.0. The first-order valence-electron chi connectivity index (χ1n) is 7.86. The van der Waals surface area contributed by atoms with Crippen molar-refractivity contribution in [1.82, 2.24) is 0 Å². The first kappa shape index (κ1) is 16.6. The zero-order valence-corrected chi connectivity index (χ0v) is 13.7. The lowest BCUT2D eigenvalue weighted by atomic mass is 10.2. The Balaban J connectivity index is 1.51. The van der Waals surface area contributed by atoms with Crippen LogP contribution in [0.25, 0.3) is 0 Å². The minimum Gasteiger partial charge on any atom is -0.494 e. The van der Waals surface area contributed by atoms with E-state index in [1.54, 1.807) is 42.5 Å². The van der Waals surface area contributed by atoms with Crippen LogP contribution in [0.1, 0.15) is 13.3 Å². The molecular formula is C18H18N2O5. The molecule has 25 heavy (non-hydrogen) atoms. The fraction of sp³-hybridized carbons (Fsp3) is 0.222. The van der Waals surface area contributed by atoms with Crippen molar-refractivity contribution in [2.45, 2.75) is 13.3 Å². The molecule has 0 spiro atoms. The topological polar surface area (TPSA) is 85.9 Å². The van der Waals surface area contributed by atoms with Crippen LogP contribution in [0.5, 0.6) is 17.2 Å². The molecule has 130 valence electrons. The fourth-order valence-electron chi connectivity index (χ4n) is 2.33. The van der Waals surface area contributed by atoms with Crippen molar-refractivity contribution in [1.29, 1.82) is 0 Å². The van der Waals surface area contributed by atoms with Crippen LogP contribution in [0.15, 0.2) is 42.5 Å². The average Bonchev–Trinajstić information content (AvgIpc) is 3.04. The molecule has 2 aromatic carbocycles. The van der Waals surface area contributed by atoms with Gasteiger partial charge in [0, 0.05) is 17.4 Å². The van der Waals surface area contributed by atoms with Crippen LogP contribution in [-0.2, 0) is 9.59 Å². The van der Waals surface area contributed by atoms with E-state index >= 15 is 0 Å². The lowest BCUT2D eigenvalue weighted by Gasteiger charge is -2.08. The maximum atomic E-state index is 12.0. The number of fused-ring (bicyclic) bond motifs is 1. The predicted molar refractivity (Wildman–Crippen MR) is 92.1 cm³/mol. The lowest BCUT2D eigenvalue weighted by molar-refractivity contribution is -0.123. The molecular weight excluding hydrogens is 324 g/mol. The van der Waals surface area contributed by atoms with Gasteiger partial charge < -0.3 is 24.8 Å². The van der Waals surface area contributed by atoms with Gasteiger partial charge in [0.2, 0.25) is 18.6 Å². The summed E-state index contributed by atoms with van der Waals surface area (Å²) in [6.45, 7) is 2.64. The Kier molecular flexibility index (Phi) is 5.03. The number of hydrogen-bond acceptors (Lipinski definition) is 5. The SMILES string of the molecule is CCOc1ccc(NC(=O)CC(=O)Nc2ccc3c(c2)OCO3)cc1. The molecule has 7 heteroatoms. The Morgan fingerprint density at radius 3 is 2.32 bits per heavy atom. The van der Waals surface area contributed by atoms with Gasteiger partial charge in [0.1, 0.15) is 12.2 Å². The molecule has 3 rings (SSSR count). The third kappa shape index (κ3) is 4.41. The molecule has 0 atom stereocenters. The van der Waals surface area contributed by atoms with Gasteiger partial charge in [-0.05, 0) is 43.3 Å². The second kappa shape index (κ2) is 7.57. The second-order valence-electron chi connectivity index (χ2n) is 5.30. The predicted octanol–water partition coefficient (Wildman–Crippen LogP) is 2.78. The molecule has 0 saturated carbocycles. The molecule has 0 radical (unpaired) electrons. The quantitative estimate of drug-likeness (QED) is 0.789. The molecule has 7 nitrogen and oxygen atoms in total. The monoisotopic (exact) mass is 342 g/mol. The summed E-state index contributed by atoms with van der Waals surface area (Å²) < 4.78 is 15.8. The van der Waals surface area contributed by atoms with E-state index in [0.29, 0.717) is 29.5 Å². The highest BCUT2D eigenvalue weighted by Gasteiger charge is 2.15. The molecule has 0 fully saturated rings. The highest BCUT2D eigenvalue weighted by Crippen LogP contribution is 2.34. The van der Waals surface area contributed by atoms with Gasteiger partial charge in [-0.15, -0.1) is 0 Å². The van der Waals surface area contributed by atoms with Crippen molar-refractivity contribution < 1.29 is 23.8 Å². The van der Waals surface area contributed by atoms with E-state index in [9.17, 15) is 9.59 Å². The van der Waals surface area contributed by atoms with Crippen molar-refractivity contribution in [3.05, 3.63) is 42.5 Å². The zero-order chi connectivity index (χ0) is 17.6. The molecule has 0 bridgehead atoms. The molecule has 0 aromatic heterocycles. The number of amides is 2.